The Morgan fingerprint density at radius 3 is 2.80 bits per heavy atom. The summed E-state index contributed by atoms with van der Waals surface area (Å²) >= 11 is 3.41. The molecule has 0 saturated heterocycles. The minimum absolute atomic E-state index is 0.0775. The van der Waals surface area contributed by atoms with E-state index in [0.29, 0.717) is 0 Å². The number of hydrogen-bond donors (Lipinski definition) is 2. The third-order valence-corrected chi connectivity index (χ3v) is 2.96. The van der Waals surface area contributed by atoms with E-state index in [1.807, 2.05) is 18.2 Å². The summed E-state index contributed by atoms with van der Waals surface area (Å²) in [6.07, 6.45) is 1.70. The van der Waals surface area contributed by atoms with E-state index in [2.05, 4.69) is 25.9 Å². The fourth-order valence-electron chi connectivity index (χ4n) is 1.80. The molecule has 0 unspecified atom stereocenters. The fourth-order valence-corrected chi connectivity index (χ4v) is 2.16. The molecule has 3 nitrogen and oxygen atoms in total. The molecule has 0 fully saturated rings. The summed E-state index contributed by atoms with van der Waals surface area (Å²) < 4.78 is 1.02. The monoisotopic (exact) mass is 262 g/mol. The molecule has 15 heavy (non-hydrogen) atoms. The van der Waals surface area contributed by atoms with Crippen molar-refractivity contribution < 1.29 is 0 Å². The lowest BCUT2D eigenvalue weighted by Gasteiger charge is -1.90. The SMILES string of the molecule is O=c1cc2c(c[nH]1)[nH]c1cc(Br)ccc12. The van der Waals surface area contributed by atoms with Crippen LogP contribution in [-0.2, 0) is 0 Å². The second-order valence-corrected chi connectivity index (χ2v) is 4.36. The molecule has 3 aromatic rings. The first-order valence-corrected chi connectivity index (χ1v) is 5.33. The van der Waals surface area contributed by atoms with Gasteiger partial charge in [0.05, 0.1) is 5.52 Å². The van der Waals surface area contributed by atoms with Gasteiger partial charge in [-0.1, -0.05) is 22.0 Å². The standard InChI is InChI=1S/C11H7BrN2O/c12-6-1-2-7-8-4-11(15)13-5-10(8)14-9(7)3-6/h1-5,14H,(H,13,15). The number of H-pyrrole nitrogens is 2. The van der Waals surface area contributed by atoms with Crippen molar-refractivity contribution in [3.05, 3.63) is 45.3 Å². The molecular weight excluding hydrogens is 256 g/mol. The van der Waals surface area contributed by atoms with Crippen molar-refractivity contribution in [2.24, 2.45) is 0 Å². The average Bonchev–Trinajstić information content (AvgIpc) is 2.54. The molecule has 1 aromatic carbocycles. The van der Waals surface area contributed by atoms with Crippen molar-refractivity contribution in [1.82, 2.24) is 9.97 Å². The van der Waals surface area contributed by atoms with Gasteiger partial charge in [-0.2, -0.15) is 0 Å². The van der Waals surface area contributed by atoms with Crippen LogP contribution in [0.15, 0.2) is 39.7 Å². The van der Waals surface area contributed by atoms with Crippen LogP contribution in [0.5, 0.6) is 0 Å². The highest BCUT2D eigenvalue weighted by molar-refractivity contribution is 9.10. The molecule has 0 spiro atoms. The molecule has 0 saturated carbocycles. The number of nitrogens with one attached hydrogen (secondary N) is 2. The maximum Gasteiger partial charge on any atom is 0.248 e. The van der Waals surface area contributed by atoms with Crippen LogP contribution in [0, 0.1) is 0 Å². The van der Waals surface area contributed by atoms with E-state index < -0.39 is 0 Å². The van der Waals surface area contributed by atoms with Crippen LogP contribution in [0.4, 0.5) is 0 Å². The summed E-state index contributed by atoms with van der Waals surface area (Å²) in [5, 5.41) is 2.03. The Morgan fingerprint density at radius 1 is 1.07 bits per heavy atom. The van der Waals surface area contributed by atoms with Gasteiger partial charge in [0.25, 0.3) is 0 Å². The average molecular weight is 263 g/mol. The van der Waals surface area contributed by atoms with Crippen LogP contribution in [0.3, 0.4) is 0 Å². The first-order chi connectivity index (χ1) is 7.24. The second kappa shape index (κ2) is 2.97. The Kier molecular flexibility index (Phi) is 1.73. The topological polar surface area (TPSA) is 48.6 Å². The Bertz CT molecular complexity index is 711. The van der Waals surface area contributed by atoms with Gasteiger partial charge in [0, 0.05) is 33.0 Å². The van der Waals surface area contributed by atoms with E-state index in [1.54, 1.807) is 12.3 Å². The van der Waals surface area contributed by atoms with Gasteiger partial charge in [0.1, 0.15) is 0 Å². The highest BCUT2D eigenvalue weighted by Gasteiger charge is 2.04. The Balaban J connectivity index is 2.58. The molecular formula is C11H7BrN2O. The summed E-state index contributed by atoms with van der Waals surface area (Å²) in [7, 11) is 0. The van der Waals surface area contributed by atoms with Crippen LogP contribution >= 0.6 is 15.9 Å². The van der Waals surface area contributed by atoms with Crippen molar-refractivity contribution in [1.29, 1.82) is 0 Å². The van der Waals surface area contributed by atoms with Crippen molar-refractivity contribution in [2.45, 2.75) is 0 Å². The number of benzene rings is 1. The van der Waals surface area contributed by atoms with Gasteiger partial charge in [0.2, 0.25) is 5.56 Å². The summed E-state index contributed by atoms with van der Waals surface area (Å²) in [6, 6.07) is 7.58. The van der Waals surface area contributed by atoms with Gasteiger partial charge < -0.3 is 9.97 Å². The van der Waals surface area contributed by atoms with E-state index in [0.717, 1.165) is 26.3 Å². The van der Waals surface area contributed by atoms with E-state index in [1.165, 1.54) is 0 Å². The lowest BCUT2D eigenvalue weighted by molar-refractivity contribution is 1.26. The molecule has 4 heteroatoms. The molecule has 74 valence electrons. The number of aromatic nitrogens is 2. The lowest BCUT2D eigenvalue weighted by Crippen LogP contribution is -2.00. The number of fused-ring (bicyclic) bond motifs is 3. The minimum atomic E-state index is -0.0775. The smallest absolute Gasteiger partial charge is 0.248 e. The van der Waals surface area contributed by atoms with E-state index in [9.17, 15) is 4.79 Å². The number of pyridine rings is 1. The molecule has 0 aliphatic carbocycles. The van der Waals surface area contributed by atoms with Crippen molar-refractivity contribution in [3.63, 3.8) is 0 Å². The number of hydrogen-bond acceptors (Lipinski definition) is 1. The lowest BCUT2D eigenvalue weighted by atomic mass is 10.2. The van der Waals surface area contributed by atoms with Crippen LogP contribution in [0.2, 0.25) is 0 Å². The molecule has 2 N–H and O–H groups in total. The molecule has 2 aromatic heterocycles. The molecule has 2 heterocycles. The number of halogens is 1. The molecule has 0 atom stereocenters. The number of aromatic amines is 2. The Morgan fingerprint density at radius 2 is 1.93 bits per heavy atom. The van der Waals surface area contributed by atoms with Gasteiger partial charge in [-0.3, -0.25) is 4.79 Å². The quantitative estimate of drug-likeness (QED) is 0.643. The van der Waals surface area contributed by atoms with Gasteiger partial charge in [-0.05, 0) is 12.1 Å². The number of rotatable bonds is 0. The maximum atomic E-state index is 11.2. The molecule has 0 radical (unpaired) electrons. The van der Waals surface area contributed by atoms with Crippen LogP contribution in [-0.4, -0.2) is 9.97 Å². The summed E-state index contributed by atoms with van der Waals surface area (Å²) in [4.78, 5) is 17.1. The molecule has 0 aliphatic rings. The largest absolute Gasteiger partial charge is 0.353 e. The van der Waals surface area contributed by atoms with Gasteiger partial charge in [-0.25, -0.2) is 0 Å². The van der Waals surface area contributed by atoms with Crippen LogP contribution < -0.4 is 5.56 Å². The highest BCUT2D eigenvalue weighted by Crippen LogP contribution is 2.25. The van der Waals surface area contributed by atoms with Crippen LogP contribution in [0.25, 0.3) is 21.8 Å². The molecule has 0 bridgehead atoms. The van der Waals surface area contributed by atoms with Gasteiger partial charge in [-0.15, -0.1) is 0 Å². The third kappa shape index (κ3) is 1.29. The van der Waals surface area contributed by atoms with Gasteiger partial charge in [0.15, 0.2) is 0 Å². The fraction of sp³-hybridized carbons (Fsp3) is 0. The van der Waals surface area contributed by atoms with E-state index in [4.69, 9.17) is 0 Å². The zero-order valence-corrected chi connectivity index (χ0v) is 9.26. The molecule has 0 amide bonds. The van der Waals surface area contributed by atoms with Crippen LogP contribution in [0.1, 0.15) is 0 Å². The highest BCUT2D eigenvalue weighted by atomic mass is 79.9. The molecule has 3 rings (SSSR count). The first-order valence-electron chi connectivity index (χ1n) is 4.54. The van der Waals surface area contributed by atoms with Crippen molar-refractivity contribution >= 4 is 37.7 Å². The minimum Gasteiger partial charge on any atom is -0.353 e. The van der Waals surface area contributed by atoms with E-state index >= 15 is 0 Å². The van der Waals surface area contributed by atoms with Gasteiger partial charge >= 0.3 is 0 Å². The summed E-state index contributed by atoms with van der Waals surface area (Å²) in [6.45, 7) is 0. The normalized spacial score (nSPS) is 11.3. The predicted octanol–water partition coefficient (Wildman–Crippen LogP) is 2.77. The van der Waals surface area contributed by atoms with Crippen molar-refractivity contribution in [3.8, 4) is 0 Å². The Labute approximate surface area is 93.3 Å². The second-order valence-electron chi connectivity index (χ2n) is 3.44. The first kappa shape index (κ1) is 8.73. The summed E-state index contributed by atoms with van der Waals surface area (Å²) in [5.41, 5.74) is 1.90. The van der Waals surface area contributed by atoms with Crippen molar-refractivity contribution in [2.75, 3.05) is 0 Å². The zero-order valence-electron chi connectivity index (χ0n) is 7.67. The van der Waals surface area contributed by atoms with E-state index in [-0.39, 0.29) is 5.56 Å². The zero-order chi connectivity index (χ0) is 10.4. The third-order valence-electron chi connectivity index (χ3n) is 2.47. The predicted molar refractivity (Wildman–Crippen MR) is 64.1 cm³/mol. The summed E-state index contributed by atoms with van der Waals surface area (Å²) in [5.74, 6) is 0. The maximum absolute atomic E-state index is 11.2. The Hall–Kier alpha value is -1.55. The molecule has 0 aliphatic heterocycles.